The number of rotatable bonds is 8. The molecule has 3 heteroatoms. The van der Waals surface area contributed by atoms with Gasteiger partial charge in [-0.05, 0) is 98.2 Å². The zero-order valence-corrected chi connectivity index (χ0v) is 19.9. The Morgan fingerprint density at radius 1 is 1.13 bits per heavy atom. The molecule has 0 fully saturated rings. The molecule has 30 heavy (non-hydrogen) atoms. The highest BCUT2D eigenvalue weighted by molar-refractivity contribution is 8.10. The van der Waals surface area contributed by atoms with E-state index in [-0.39, 0.29) is 0 Å². The van der Waals surface area contributed by atoms with Crippen LogP contribution < -0.4 is 0 Å². The monoisotopic (exact) mass is 418 g/mol. The topological polar surface area (TPSA) is 15.6 Å². The fourth-order valence-electron chi connectivity index (χ4n) is 3.76. The first-order valence-electron chi connectivity index (χ1n) is 10.8. The van der Waals surface area contributed by atoms with Crippen molar-refractivity contribution < 1.29 is 0 Å². The van der Waals surface area contributed by atoms with E-state index < -0.39 is 0 Å². The summed E-state index contributed by atoms with van der Waals surface area (Å²) < 4.78 is 0. The van der Waals surface area contributed by atoms with Crippen LogP contribution in [0.5, 0.6) is 0 Å². The summed E-state index contributed by atoms with van der Waals surface area (Å²) in [6, 6.07) is 11.3. The van der Waals surface area contributed by atoms with Gasteiger partial charge in [0.1, 0.15) is 0 Å². The predicted octanol–water partition coefficient (Wildman–Crippen LogP) is 7.25. The first kappa shape index (κ1) is 22.4. The standard InChI is InChI=1S/C27H34N2S/c1-7-29(6)18-28-27-15-20(3)26(14-21(27)4)13-19(2)17-30-22(5)24-12-11-23-9-8-10-25(23)16-24/h11-12,14-18H,5,7-10,13H2,1-4,6H3/b19-17+,28-18?. The molecule has 0 aliphatic heterocycles. The average Bonchev–Trinajstić information content (AvgIpc) is 3.21. The highest BCUT2D eigenvalue weighted by Gasteiger charge is 2.12. The highest BCUT2D eigenvalue weighted by atomic mass is 32.2. The summed E-state index contributed by atoms with van der Waals surface area (Å²) in [5, 5.41) is 2.26. The maximum Gasteiger partial charge on any atom is 0.0909 e. The summed E-state index contributed by atoms with van der Waals surface area (Å²) in [6.45, 7) is 13.9. The quantitative estimate of drug-likeness (QED) is 0.331. The summed E-state index contributed by atoms with van der Waals surface area (Å²) in [5.74, 6) is 0. The molecule has 0 saturated carbocycles. The van der Waals surface area contributed by atoms with Crippen LogP contribution in [0.4, 0.5) is 5.69 Å². The van der Waals surface area contributed by atoms with Crippen LogP contribution in [0.25, 0.3) is 4.91 Å². The second-order valence-corrected chi connectivity index (χ2v) is 9.37. The summed E-state index contributed by atoms with van der Waals surface area (Å²) in [5.41, 5.74) is 10.6. The molecule has 2 nitrogen and oxygen atoms in total. The van der Waals surface area contributed by atoms with Crippen LogP contribution in [0.15, 0.2) is 52.9 Å². The lowest BCUT2D eigenvalue weighted by Gasteiger charge is -2.12. The van der Waals surface area contributed by atoms with Gasteiger partial charge in [0, 0.05) is 18.5 Å². The molecular weight excluding hydrogens is 384 g/mol. The fourth-order valence-corrected chi connectivity index (χ4v) is 4.45. The van der Waals surface area contributed by atoms with Crippen LogP contribution in [0.2, 0.25) is 0 Å². The maximum absolute atomic E-state index is 4.65. The van der Waals surface area contributed by atoms with E-state index in [9.17, 15) is 0 Å². The van der Waals surface area contributed by atoms with Gasteiger partial charge in [-0.25, -0.2) is 4.99 Å². The number of hydrogen-bond donors (Lipinski definition) is 0. The minimum Gasteiger partial charge on any atom is -0.366 e. The van der Waals surface area contributed by atoms with Crippen molar-refractivity contribution in [3.63, 3.8) is 0 Å². The van der Waals surface area contributed by atoms with E-state index in [2.05, 4.69) is 79.9 Å². The summed E-state index contributed by atoms with van der Waals surface area (Å²) >= 11 is 1.74. The zero-order valence-electron chi connectivity index (χ0n) is 19.1. The molecule has 3 rings (SSSR count). The van der Waals surface area contributed by atoms with E-state index >= 15 is 0 Å². The first-order chi connectivity index (χ1) is 14.4. The van der Waals surface area contributed by atoms with Crippen LogP contribution in [0, 0.1) is 13.8 Å². The Hall–Kier alpha value is -2.26. The predicted molar refractivity (Wildman–Crippen MR) is 135 cm³/mol. The number of fused-ring (bicyclic) bond motifs is 1. The molecule has 0 N–H and O–H groups in total. The van der Waals surface area contributed by atoms with Crippen LogP contribution in [-0.4, -0.2) is 24.8 Å². The van der Waals surface area contributed by atoms with Crippen molar-refractivity contribution in [3.8, 4) is 0 Å². The van der Waals surface area contributed by atoms with E-state index in [0.717, 1.165) is 23.6 Å². The molecule has 0 saturated heterocycles. The smallest absolute Gasteiger partial charge is 0.0909 e. The molecule has 2 aromatic rings. The van der Waals surface area contributed by atoms with E-state index in [1.807, 2.05) is 13.4 Å². The molecule has 158 valence electrons. The third kappa shape index (κ3) is 5.66. The molecule has 1 aliphatic rings. The second-order valence-electron chi connectivity index (χ2n) is 8.40. The van der Waals surface area contributed by atoms with Gasteiger partial charge < -0.3 is 4.90 Å². The Labute approximate surface area is 186 Å². The maximum atomic E-state index is 4.65. The Balaban J connectivity index is 1.65. The Bertz CT molecular complexity index is 985. The van der Waals surface area contributed by atoms with Crippen molar-refractivity contribution in [3.05, 3.63) is 81.3 Å². The molecule has 2 aromatic carbocycles. The molecule has 0 amide bonds. The van der Waals surface area contributed by atoms with Crippen molar-refractivity contribution in [2.75, 3.05) is 13.6 Å². The number of hydrogen-bond acceptors (Lipinski definition) is 2. The first-order valence-corrected chi connectivity index (χ1v) is 11.7. The Morgan fingerprint density at radius 3 is 2.67 bits per heavy atom. The van der Waals surface area contributed by atoms with Crippen molar-refractivity contribution in [1.29, 1.82) is 0 Å². The summed E-state index contributed by atoms with van der Waals surface area (Å²) in [6.07, 6.45) is 6.59. The van der Waals surface area contributed by atoms with E-state index in [0.29, 0.717) is 0 Å². The van der Waals surface area contributed by atoms with Crippen LogP contribution in [0.3, 0.4) is 0 Å². The summed E-state index contributed by atoms with van der Waals surface area (Å²) in [4.78, 5) is 7.86. The number of benzene rings is 2. The van der Waals surface area contributed by atoms with Crippen LogP contribution in [-0.2, 0) is 19.3 Å². The van der Waals surface area contributed by atoms with Gasteiger partial charge >= 0.3 is 0 Å². The van der Waals surface area contributed by atoms with Gasteiger partial charge in [-0.3, -0.25) is 0 Å². The minimum atomic E-state index is 0.954. The highest BCUT2D eigenvalue weighted by Crippen LogP contribution is 2.32. The third-order valence-corrected chi connectivity index (χ3v) is 6.88. The van der Waals surface area contributed by atoms with Gasteiger partial charge in [-0.1, -0.05) is 48.2 Å². The fraction of sp³-hybridized carbons (Fsp3) is 0.370. The third-order valence-electron chi connectivity index (χ3n) is 5.84. The lowest BCUT2D eigenvalue weighted by Crippen LogP contribution is -2.14. The van der Waals surface area contributed by atoms with Gasteiger partial charge in [0.2, 0.25) is 0 Å². The van der Waals surface area contributed by atoms with E-state index in [4.69, 9.17) is 0 Å². The number of allylic oxidation sites excluding steroid dienone is 1. The molecule has 0 unspecified atom stereocenters. The van der Waals surface area contributed by atoms with E-state index in [1.54, 1.807) is 11.8 Å². The van der Waals surface area contributed by atoms with Crippen LogP contribution >= 0.6 is 11.8 Å². The molecule has 0 radical (unpaired) electrons. The van der Waals surface area contributed by atoms with Crippen molar-refractivity contribution in [2.24, 2.45) is 4.99 Å². The molecule has 0 heterocycles. The Kier molecular flexibility index (Phi) is 7.60. The Morgan fingerprint density at radius 2 is 1.90 bits per heavy atom. The van der Waals surface area contributed by atoms with Crippen molar-refractivity contribution >= 4 is 28.7 Å². The van der Waals surface area contributed by atoms with Gasteiger partial charge in [0.05, 0.1) is 12.0 Å². The number of aryl methyl sites for hydroxylation is 4. The summed E-state index contributed by atoms with van der Waals surface area (Å²) in [7, 11) is 2.04. The SMILES string of the molecule is C=C(S/C=C(\C)Cc1cc(C)c(N=CN(C)CC)cc1C)c1ccc2c(c1)CCC2. The van der Waals surface area contributed by atoms with Crippen molar-refractivity contribution in [2.45, 2.75) is 53.4 Å². The lowest BCUT2D eigenvalue weighted by molar-refractivity contribution is 0.552. The average molecular weight is 419 g/mol. The van der Waals surface area contributed by atoms with Gasteiger partial charge in [0.15, 0.2) is 0 Å². The van der Waals surface area contributed by atoms with E-state index in [1.165, 1.54) is 58.2 Å². The molecule has 0 atom stereocenters. The number of nitrogens with zero attached hydrogens (tertiary/aromatic N) is 2. The van der Waals surface area contributed by atoms with Gasteiger partial charge in [-0.2, -0.15) is 0 Å². The second kappa shape index (κ2) is 10.2. The lowest BCUT2D eigenvalue weighted by atomic mass is 9.99. The largest absolute Gasteiger partial charge is 0.366 e. The van der Waals surface area contributed by atoms with Gasteiger partial charge in [0.25, 0.3) is 0 Å². The number of aliphatic imine (C=N–C) groups is 1. The molecule has 0 bridgehead atoms. The molecule has 0 aromatic heterocycles. The van der Waals surface area contributed by atoms with Gasteiger partial charge in [-0.15, -0.1) is 0 Å². The zero-order chi connectivity index (χ0) is 21.7. The molecule has 0 spiro atoms. The van der Waals surface area contributed by atoms with Crippen LogP contribution in [0.1, 0.15) is 53.6 Å². The van der Waals surface area contributed by atoms with Crippen molar-refractivity contribution in [1.82, 2.24) is 4.90 Å². The minimum absolute atomic E-state index is 0.954. The molecular formula is C27H34N2S. The molecule has 1 aliphatic carbocycles. The normalized spacial score (nSPS) is 13.7. The number of thioether (sulfide) groups is 1.